The maximum atomic E-state index is 12.9. The number of rotatable bonds is 6. The van der Waals surface area contributed by atoms with Crippen molar-refractivity contribution >= 4 is 11.8 Å². The van der Waals surface area contributed by atoms with E-state index in [4.69, 9.17) is 4.74 Å². The fraction of sp³-hybridized carbons (Fsp3) is 0.522. The van der Waals surface area contributed by atoms with E-state index in [-0.39, 0.29) is 18.1 Å². The van der Waals surface area contributed by atoms with E-state index in [2.05, 4.69) is 6.07 Å². The number of carbonyl (C=O) groups is 2. The van der Waals surface area contributed by atoms with E-state index in [9.17, 15) is 14.9 Å². The monoisotopic (exact) mass is 367 g/mol. The van der Waals surface area contributed by atoms with Gasteiger partial charge in [0.25, 0.3) is 0 Å². The molecule has 4 heteroatoms. The molecule has 0 heterocycles. The van der Waals surface area contributed by atoms with Crippen molar-refractivity contribution in [1.82, 2.24) is 0 Å². The molecule has 1 aromatic carbocycles. The summed E-state index contributed by atoms with van der Waals surface area (Å²) in [6.07, 6.45) is 8.13. The Kier molecular flexibility index (Phi) is 6.96. The summed E-state index contributed by atoms with van der Waals surface area (Å²) in [6.45, 7) is 5.31. The van der Waals surface area contributed by atoms with E-state index < -0.39 is 17.0 Å². The van der Waals surface area contributed by atoms with Crippen molar-refractivity contribution in [2.75, 3.05) is 0 Å². The van der Waals surface area contributed by atoms with Gasteiger partial charge in [0.1, 0.15) is 5.60 Å². The second-order valence-electron chi connectivity index (χ2n) is 8.32. The van der Waals surface area contributed by atoms with E-state index >= 15 is 0 Å². The Morgan fingerprint density at radius 1 is 1.15 bits per heavy atom. The van der Waals surface area contributed by atoms with Gasteiger partial charge in [-0.05, 0) is 51.3 Å². The average Bonchev–Trinajstić information content (AvgIpc) is 2.65. The number of hydrogen-bond acceptors (Lipinski definition) is 4. The summed E-state index contributed by atoms with van der Waals surface area (Å²) in [6, 6.07) is 11.5. The minimum absolute atomic E-state index is 0.00162. The molecule has 0 N–H and O–H groups in total. The second kappa shape index (κ2) is 8.99. The van der Waals surface area contributed by atoms with Crippen molar-refractivity contribution in [1.29, 1.82) is 5.26 Å². The fourth-order valence-electron chi connectivity index (χ4n) is 3.36. The van der Waals surface area contributed by atoms with Gasteiger partial charge in [0.15, 0.2) is 11.2 Å². The Balaban J connectivity index is 2.29. The van der Waals surface area contributed by atoms with Crippen molar-refractivity contribution in [3.05, 3.63) is 48.0 Å². The van der Waals surface area contributed by atoms with Crippen LogP contribution in [0.4, 0.5) is 0 Å². The van der Waals surface area contributed by atoms with E-state index in [0.717, 1.165) is 31.2 Å². The third-order valence-electron chi connectivity index (χ3n) is 4.83. The number of benzene rings is 1. The van der Waals surface area contributed by atoms with Gasteiger partial charge >= 0.3 is 5.97 Å². The number of allylic oxidation sites excluding steroid dienone is 1. The van der Waals surface area contributed by atoms with Crippen LogP contribution in [0.3, 0.4) is 0 Å². The molecule has 1 atom stereocenters. The first-order valence-corrected chi connectivity index (χ1v) is 9.67. The predicted molar refractivity (Wildman–Crippen MR) is 105 cm³/mol. The Bertz CT molecular complexity index is 718. The van der Waals surface area contributed by atoms with Gasteiger partial charge < -0.3 is 4.74 Å². The summed E-state index contributed by atoms with van der Waals surface area (Å²) in [5, 5.41) is 9.91. The zero-order valence-corrected chi connectivity index (χ0v) is 16.5. The lowest BCUT2D eigenvalue weighted by molar-refractivity contribution is -0.161. The van der Waals surface area contributed by atoms with Gasteiger partial charge in [0.2, 0.25) is 0 Å². The Morgan fingerprint density at radius 3 is 2.33 bits per heavy atom. The standard InChI is InChI=1S/C23H29NO3/c1-22(2,3)27-21(26)23(17-24,16-18-10-6-4-7-11-18)15-14-20(25)19-12-8-5-9-13-19/h4,6-7,10-11,14-15,19H,5,8-9,12-13,16H2,1-3H3/b15-14-/t23-/m0/s1. The minimum Gasteiger partial charge on any atom is -0.459 e. The molecule has 1 aromatic rings. The summed E-state index contributed by atoms with van der Waals surface area (Å²) in [7, 11) is 0. The lowest BCUT2D eigenvalue weighted by Gasteiger charge is -2.27. The molecule has 4 nitrogen and oxygen atoms in total. The van der Waals surface area contributed by atoms with Gasteiger partial charge in [-0.2, -0.15) is 5.26 Å². The molecule has 1 aliphatic carbocycles. The molecular weight excluding hydrogens is 338 g/mol. The number of esters is 1. The second-order valence-corrected chi connectivity index (χ2v) is 8.32. The highest BCUT2D eigenvalue weighted by molar-refractivity contribution is 5.93. The lowest BCUT2D eigenvalue weighted by atomic mass is 9.80. The normalized spacial score (nSPS) is 17.9. The van der Waals surface area contributed by atoms with Crippen molar-refractivity contribution in [3.63, 3.8) is 0 Å². The summed E-state index contributed by atoms with van der Waals surface area (Å²) in [5.41, 5.74) is -1.38. The molecule has 0 radical (unpaired) electrons. The van der Waals surface area contributed by atoms with E-state index in [0.29, 0.717) is 0 Å². The van der Waals surface area contributed by atoms with Crippen LogP contribution in [0.1, 0.15) is 58.4 Å². The third-order valence-corrected chi connectivity index (χ3v) is 4.83. The van der Waals surface area contributed by atoms with E-state index in [1.807, 2.05) is 30.3 Å². The highest BCUT2D eigenvalue weighted by atomic mass is 16.6. The van der Waals surface area contributed by atoms with Gasteiger partial charge in [-0.15, -0.1) is 0 Å². The smallest absolute Gasteiger partial charge is 0.331 e. The summed E-state index contributed by atoms with van der Waals surface area (Å²) < 4.78 is 5.52. The first-order chi connectivity index (χ1) is 12.8. The van der Waals surface area contributed by atoms with Crippen LogP contribution in [-0.2, 0) is 20.7 Å². The first-order valence-electron chi connectivity index (χ1n) is 9.67. The number of ether oxygens (including phenoxy) is 1. The summed E-state index contributed by atoms with van der Waals surface area (Å²) in [4.78, 5) is 25.5. The maximum Gasteiger partial charge on any atom is 0.331 e. The molecule has 1 saturated carbocycles. The first kappa shape index (κ1) is 20.9. The van der Waals surface area contributed by atoms with Crippen molar-refractivity contribution in [2.24, 2.45) is 11.3 Å². The Morgan fingerprint density at radius 2 is 1.78 bits per heavy atom. The quantitative estimate of drug-likeness (QED) is 0.536. The van der Waals surface area contributed by atoms with Crippen molar-refractivity contribution in [2.45, 2.75) is 64.9 Å². The van der Waals surface area contributed by atoms with Gasteiger partial charge in [0, 0.05) is 12.3 Å². The third kappa shape index (κ3) is 6.06. The van der Waals surface area contributed by atoms with Crippen LogP contribution in [0, 0.1) is 22.7 Å². The largest absolute Gasteiger partial charge is 0.459 e. The average molecular weight is 367 g/mol. The van der Waals surface area contributed by atoms with Crippen LogP contribution in [-0.4, -0.2) is 17.4 Å². The highest BCUT2D eigenvalue weighted by Crippen LogP contribution is 2.30. The zero-order chi connectivity index (χ0) is 19.9. The van der Waals surface area contributed by atoms with Gasteiger partial charge in [-0.1, -0.05) is 49.6 Å². The number of nitrogens with zero attached hydrogens (tertiary/aromatic N) is 1. The van der Waals surface area contributed by atoms with Crippen LogP contribution in [0.25, 0.3) is 0 Å². The van der Waals surface area contributed by atoms with Crippen LogP contribution >= 0.6 is 0 Å². The van der Waals surface area contributed by atoms with Crippen molar-refractivity contribution in [3.8, 4) is 6.07 Å². The molecule has 1 fully saturated rings. The molecule has 0 unspecified atom stereocenters. The topological polar surface area (TPSA) is 67.2 Å². The number of hydrogen-bond donors (Lipinski definition) is 0. The van der Waals surface area contributed by atoms with Crippen LogP contribution in [0.5, 0.6) is 0 Å². The van der Waals surface area contributed by atoms with Crippen LogP contribution < -0.4 is 0 Å². The molecule has 0 saturated heterocycles. The van der Waals surface area contributed by atoms with Gasteiger partial charge in [-0.25, -0.2) is 4.79 Å². The number of carbonyl (C=O) groups excluding carboxylic acids is 2. The SMILES string of the molecule is CC(C)(C)OC(=O)[C@@](C#N)(/C=C\C(=O)C1CCCCC1)Cc1ccccc1. The molecule has 27 heavy (non-hydrogen) atoms. The van der Waals surface area contributed by atoms with E-state index in [1.54, 1.807) is 20.8 Å². The molecular formula is C23H29NO3. The Labute approximate surface area is 162 Å². The lowest BCUT2D eigenvalue weighted by Crippen LogP contribution is -2.37. The van der Waals surface area contributed by atoms with Crippen molar-refractivity contribution < 1.29 is 14.3 Å². The van der Waals surface area contributed by atoms with Gasteiger partial charge in [0.05, 0.1) is 6.07 Å². The molecule has 1 aliphatic rings. The minimum atomic E-state index is -1.51. The predicted octanol–water partition coefficient (Wildman–Crippen LogP) is 4.79. The molecule has 0 spiro atoms. The molecule has 0 aliphatic heterocycles. The number of nitriles is 1. The molecule has 0 aromatic heterocycles. The summed E-state index contributed by atoms with van der Waals surface area (Å²) >= 11 is 0. The van der Waals surface area contributed by atoms with Gasteiger partial charge in [-0.3, -0.25) is 4.79 Å². The molecule has 2 rings (SSSR count). The number of ketones is 1. The highest BCUT2D eigenvalue weighted by Gasteiger charge is 2.40. The van der Waals surface area contributed by atoms with E-state index in [1.165, 1.54) is 18.6 Å². The summed E-state index contributed by atoms with van der Waals surface area (Å²) in [5.74, 6) is -0.609. The fourth-order valence-corrected chi connectivity index (χ4v) is 3.36. The maximum absolute atomic E-state index is 12.9. The zero-order valence-electron chi connectivity index (χ0n) is 16.5. The molecule has 144 valence electrons. The molecule has 0 amide bonds. The molecule has 0 bridgehead atoms. The Hall–Kier alpha value is -2.41. The van der Waals surface area contributed by atoms with Crippen LogP contribution in [0.15, 0.2) is 42.5 Å². The van der Waals surface area contributed by atoms with Crippen LogP contribution in [0.2, 0.25) is 0 Å².